The molecule has 0 spiro atoms. The minimum absolute atomic E-state index is 0.117. The van der Waals surface area contributed by atoms with Gasteiger partial charge in [-0.2, -0.15) is 0 Å². The van der Waals surface area contributed by atoms with Crippen molar-refractivity contribution in [1.29, 1.82) is 0 Å². The summed E-state index contributed by atoms with van der Waals surface area (Å²) in [5.41, 5.74) is 2.59. The summed E-state index contributed by atoms with van der Waals surface area (Å²) < 4.78 is 30.5. The molecule has 182 valence electrons. The number of hydrogen-bond donors (Lipinski definition) is 1. The van der Waals surface area contributed by atoms with Crippen molar-refractivity contribution in [1.82, 2.24) is 5.32 Å². The van der Waals surface area contributed by atoms with Crippen molar-refractivity contribution in [2.24, 2.45) is 0 Å². The van der Waals surface area contributed by atoms with Crippen LogP contribution in [0, 0.1) is 0 Å². The maximum Gasteiger partial charge on any atom is 0.254 e. The summed E-state index contributed by atoms with van der Waals surface area (Å²) in [6.45, 7) is 0.556. The van der Waals surface area contributed by atoms with Crippen LogP contribution in [0.5, 0.6) is 5.75 Å². The van der Waals surface area contributed by atoms with E-state index in [2.05, 4.69) is 5.32 Å². The monoisotopic (exact) mass is 492 g/mol. The Bertz CT molecular complexity index is 1290. The van der Waals surface area contributed by atoms with Crippen molar-refractivity contribution in [3.63, 3.8) is 0 Å². The number of ether oxygens (including phenoxy) is 1. The summed E-state index contributed by atoms with van der Waals surface area (Å²) in [7, 11) is -2.17. The smallest absolute Gasteiger partial charge is 0.254 e. The first kappa shape index (κ1) is 24.5. The molecule has 4 rings (SSSR count). The molecular formula is C27H28N2O5S. The van der Waals surface area contributed by atoms with Gasteiger partial charge in [0.05, 0.1) is 17.8 Å². The van der Waals surface area contributed by atoms with E-state index in [1.807, 2.05) is 30.3 Å². The highest BCUT2D eigenvalue weighted by atomic mass is 32.2. The third-order valence-corrected chi connectivity index (χ3v) is 7.81. The average Bonchev–Trinajstić information content (AvgIpc) is 2.90. The molecule has 1 aliphatic rings. The van der Waals surface area contributed by atoms with Gasteiger partial charge in [0.1, 0.15) is 11.8 Å². The number of hydrogen-bond acceptors (Lipinski definition) is 5. The highest BCUT2D eigenvalue weighted by Gasteiger charge is 2.31. The molecule has 0 saturated carbocycles. The van der Waals surface area contributed by atoms with Crippen LogP contribution < -0.4 is 15.0 Å². The van der Waals surface area contributed by atoms with Crippen LogP contribution in [0.3, 0.4) is 0 Å². The van der Waals surface area contributed by atoms with E-state index in [1.165, 1.54) is 19.2 Å². The van der Waals surface area contributed by atoms with E-state index in [-0.39, 0.29) is 23.0 Å². The molecule has 3 aromatic rings. The molecule has 0 fully saturated rings. The normalized spacial score (nSPS) is 14.0. The Kier molecular flexibility index (Phi) is 7.51. The molecule has 7 nitrogen and oxygen atoms in total. The number of methoxy groups -OCH3 is 1. The lowest BCUT2D eigenvalue weighted by molar-refractivity contribution is -0.127. The molecule has 1 atom stereocenters. The molecule has 0 radical (unpaired) electrons. The Hall–Kier alpha value is -3.65. The zero-order chi connectivity index (χ0) is 24.8. The van der Waals surface area contributed by atoms with E-state index in [0.29, 0.717) is 17.9 Å². The number of para-hydroxylation sites is 1. The Morgan fingerprint density at radius 2 is 1.66 bits per heavy atom. The maximum absolute atomic E-state index is 13.7. The third kappa shape index (κ3) is 5.71. The number of carbonyl (C=O) groups excluding carboxylic acids is 2. The van der Waals surface area contributed by atoms with Gasteiger partial charge in [-0.25, -0.2) is 8.42 Å². The highest BCUT2D eigenvalue weighted by Crippen LogP contribution is 2.29. The van der Waals surface area contributed by atoms with Gasteiger partial charge >= 0.3 is 0 Å². The fourth-order valence-electron chi connectivity index (χ4n) is 4.21. The summed E-state index contributed by atoms with van der Waals surface area (Å²) in [5, 5.41) is 2.79. The topological polar surface area (TPSA) is 92.8 Å². The average molecular weight is 493 g/mol. The fraction of sp³-hybridized carbons (Fsp3) is 0.259. The van der Waals surface area contributed by atoms with Crippen LogP contribution in [0.15, 0.2) is 83.8 Å². The molecule has 1 aliphatic heterocycles. The van der Waals surface area contributed by atoms with Crippen molar-refractivity contribution in [3.8, 4) is 5.75 Å². The largest absolute Gasteiger partial charge is 0.497 e. The van der Waals surface area contributed by atoms with Crippen molar-refractivity contribution in [2.75, 3.05) is 24.3 Å². The lowest BCUT2D eigenvalue weighted by Gasteiger charge is -2.32. The molecule has 0 saturated heterocycles. The Balaban J connectivity index is 1.50. The third-order valence-electron chi connectivity index (χ3n) is 6.08. The van der Waals surface area contributed by atoms with Gasteiger partial charge in [0, 0.05) is 18.7 Å². The molecular weight excluding hydrogens is 464 g/mol. The molecule has 35 heavy (non-hydrogen) atoms. The summed E-state index contributed by atoms with van der Waals surface area (Å²) in [6.07, 6.45) is 1.46. The first-order valence-corrected chi connectivity index (χ1v) is 13.1. The first-order valence-electron chi connectivity index (χ1n) is 11.5. The van der Waals surface area contributed by atoms with Crippen LogP contribution in [0.2, 0.25) is 0 Å². The van der Waals surface area contributed by atoms with Gasteiger partial charge in [0.25, 0.3) is 5.91 Å². The van der Waals surface area contributed by atoms with Gasteiger partial charge < -0.3 is 15.0 Å². The summed E-state index contributed by atoms with van der Waals surface area (Å²) in [5.74, 6) is -0.567. The van der Waals surface area contributed by atoms with Crippen LogP contribution >= 0.6 is 0 Å². The summed E-state index contributed by atoms with van der Waals surface area (Å²) >= 11 is 0. The molecule has 2 amide bonds. The van der Waals surface area contributed by atoms with E-state index in [1.54, 1.807) is 41.3 Å². The van der Waals surface area contributed by atoms with Crippen molar-refractivity contribution >= 4 is 27.3 Å². The van der Waals surface area contributed by atoms with Crippen LogP contribution in [-0.4, -0.2) is 39.6 Å². The molecule has 0 aromatic heterocycles. The molecule has 0 bridgehead atoms. The van der Waals surface area contributed by atoms with Crippen molar-refractivity contribution in [3.05, 3.63) is 90.0 Å². The zero-order valence-electron chi connectivity index (χ0n) is 19.5. The zero-order valence-corrected chi connectivity index (χ0v) is 20.3. The number of sulfone groups is 1. The second kappa shape index (κ2) is 10.7. The van der Waals surface area contributed by atoms with Crippen molar-refractivity contribution < 1.29 is 22.7 Å². The summed E-state index contributed by atoms with van der Waals surface area (Å²) in [6, 6.07) is 21.9. The second-order valence-corrected chi connectivity index (χ2v) is 10.5. The number of anilines is 1. The molecule has 0 unspecified atom stereocenters. The number of rotatable bonds is 8. The molecule has 0 aliphatic carbocycles. The van der Waals surface area contributed by atoms with Crippen LogP contribution in [0.4, 0.5) is 5.69 Å². The summed E-state index contributed by atoms with van der Waals surface area (Å²) in [4.78, 5) is 28.4. The van der Waals surface area contributed by atoms with E-state index in [0.717, 1.165) is 24.1 Å². The predicted molar refractivity (Wildman–Crippen MR) is 134 cm³/mol. The van der Waals surface area contributed by atoms with E-state index < -0.39 is 21.8 Å². The Morgan fingerprint density at radius 1 is 0.971 bits per heavy atom. The molecule has 3 aromatic carbocycles. The number of nitrogens with one attached hydrogen (secondary N) is 1. The lowest BCUT2D eigenvalue weighted by atomic mass is 9.99. The minimum Gasteiger partial charge on any atom is -0.497 e. The van der Waals surface area contributed by atoms with Crippen LogP contribution in [0.25, 0.3) is 0 Å². The molecule has 8 heteroatoms. The number of amides is 2. The second-order valence-electron chi connectivity index (χ2n) is 8.38. The molecule has 1 N–H and O–H groups in total. The minimum atomic E-state index is -3.67. The molecule has 1 heterocycles. The quantitative estimate of drug-likeness (QED) is 0.518. The lowest BCUT2D eigenvalue weighted by Crippen LogP contribution is -2.45. The van der Waals surface area contributed by atoms with Gasteiger partial charge in [-0.3, -0.25) is 9.59 Å². The number of aryl methyl sites for hydroxylation is 1. The van der Waals surface area contributed by atoms with Gasteiger partial charge in [-0.05, 0) is 54.3 Å². The maximum atomic E-state index is 13.7. The Labute approximate surface area is 205 Å². The van der Waals surface area contributed by atoms with E-state index in [9.17, 15) is 18.0 Å². The van der Waals surface area contributed by atoms with Crippen LogP contribution in [0.1, 0.15) is 30.0 Å². The predicted octanol–water partition coefficient (Wildman–Crippen LogP) is 3.70. The number of carbonyl (C=O) groups is 2. The van der Waals surface area contributed by atoms with Gasteiger partial charge in [0.2, 0.25) is 5.91 Å². The number of fused-ring (bicyclic) bond motifs is 1. The highest BCUT2D eigenvalue weighted by molar-refractivity contribution is 7.91. The van der Waals surface area contributed by atoms with E-state index in [4.69, 9.17) is 4.74 Å². The van der Waals surface area contributed by atoms with Gasteiger partial charge in [0.15, 0.2) is 9.84 Å². The van der Waals surface area contributed by atoms with Gasteiger partial charge in [-0.1, -0.05) is 48.5 Å². The van der Waals surface area contributed by atoms with Crippen LogP contribution in [-0.2, 0) is 25.8 Å². The van der Waals surface area contributed by atoms with Gasteiger partial charge in [-0.15, -0.1) is 0 Å². The van der Waals surface area contributed by atoms with E-state index >= 15 is 0 Å². The standard InChI is InChI=1S/C27H28N2O5S/c1-34-22-13-15-23(16-14-22)35(32,33)19-17-25(30)28-26(21-9-3-2-4-10-21)27(31)29-18-7-11-20-8-5-6-12-24(20)29/h2-6,8-10,12-16,26H,7,11,17-19H2,1H3,(H,28,30)/t26-/m1/s1. The Morgan fingerprint density at radius 3 is 2.37 bits per heavy atom. The number of nitrogens with zero attached hydrogens (tertiary/aromatic N) is 1. The number of benzene rings is 3. The SMILES string of the molecule is COc1ccc(S(=O)(=O)CCC(=O)N[C@@H](C(=O)N2CCCc3ccccc32)c2ccccc2)cc1. The van der Waals surface area contributed by atoms with Crippen molar-refractivity contribution in [2.45, 2.75) is 30.2 Å². The first-order chi connectivity index (χ1) is 16.9. The fourth-order valence-corrected chi connectivity index (χ4v) is 5.45.